The zero-order chi connectivity index (χ0) is 12.1. The van der Waals surface area contributed by atoms with Crippen LogP contribution in [0.15, 0.2) is 12.1 Å². The Morgan fingerprint density at radius 1 is 1.38 bits per heavy atom. The van der Waals surface area contributed by atoms with Gasteiger partial charge in [0.25, 0.3) is 0 Å². The van der Waals surface area contributed by atoms with Gasteiger partial charge >= 0.3 is 0 Å². The molecule has 0 radical (unpaired) electrons. The monoisotopic (exact) mass is 241 g/mol. The number of hydrogen-bond donors (Lipinski definition) is 0. The molecule has 4 heteroatoms. The van der Waals surface area contributed by atoms with Crippen LogP contribution in [0.4, 0.5) is 0 Å². The van der Waals surface area contributed by atoms with Crippen LogP contribution in [0, 0.1) is 13.8 Å². The molecule has 0 amide bonds. The minimum absolute atomic E-state index is 0.0194. The summed E-state index contributed by atoms with van der Waals surface area (Å²) in [5.74, 6) is -0.329. The molecule has 1 aromatic rings. The summed E-state index contributed by atoms with van der Waals surface area (Å²) in [5, 5.41) is 10.9. The topological polar surface area (TPSA) is 49.4 Å². The van der Waals surface area contributed by atoms with Crippen LogP contribution in [0.1, 0.15) is 24.0 Å². The van der Waals surface area contributed by atoms with E-state index in [1.165, 1.54) is 0 Å². The molecule has 0 aliphatic carbocycles. The number of benzene rings is 1. The molecular formula is C12H14ClO3-. The van der Waals surface area contributed by atoms with E-state index in [0.29, 0.717) is 13.0 Å². The van der Waals surface area contributed by atoms with E-state index in [0.717, 1.165) is 21.9 Å². The second-order valence-corrected chi connectivity index (χ2v) is 4.07. The first-order valence-corrected chi connectivity index (χ1v) is 5.48. The second kappa shape index (κ2) is 5.75. The van der Waals surface area contributed by atoms with Crippen LogP contribution in [0.25, 0.3) is 0 Å². The number of carbonyl (C=O) groups is 1. The Morgan fingerprint density at radius 3 is 2.44 bits per heavy atom. The van der Waals surface area contributed by atoms with Crippen molar-refractivity contribution in [3.63, 3.8) is 0 Å². The van der Waals surface area contributed by atoms with Crippen molar-refractivity contribution >= 4 is 17.6 Å². The molecule has 1 aromatic carbocycles. The number of ether oxygens (including phenoxy) is 1. The van der Waals surface area contributed by atoms with Gasteiger partial charge in [-0.1, -0.05) is 11.6 Å². The van der Waals surface area contributed by atoms with Gasteiger partial charge in [0.2, 0.25) is 0 Å². The lowest BCUT2D eigenvalue weighted by Gasteiger charge is -2.10. The van der Waals surface area contributed by atoms with Crippen LogP contribution in [-0.2, 0) is 4.79 Å². The van der Waals surface area contributed by atoms with Crippen LogP contribution in [0.3, 0.4) is 0 Å². The normalized spacial score (nSPS) is 10.2. The molecule has 88 valence electrons. The summed E-state index contributed by atoms with van der Waals surface area (Å²) in [6.07, 6.45) is 0.467. The van der Waals surface area contributed by atoms with Crippen molar-refractivity contribution in [1.29, 1.82) is 0 Å². The highest BCUT2D eigenvalue weighted by atomic mass is 35.5. The predicted octanol–water partition coefficient (Wildman–Crippen LogP) is 1.87. The number of halogens is 1. The predicted molar refractivity (Wildman–Crippen MR) is 60.7 cm³/mol. The quantitative estimate of drug-likeness (QED) is 0.740. The maximum atomic E-state index is 10.2. The Morgan fingerprint density at radius 2 is 1.94 bits per heavy atom. The van der Waals surface area contributed by atoms with Crippen molar-refractivity contribution in [2.75, 3.05) is 6.61 Å². The Labute approximate surface area is 100.0 Å². The molecule has 0 spiro atoms. The molecular weight excluding hydrogens is 228 g/mol. The minimum Gasteiger partial charge on any atom is -0.550 e. The fourth-order valence-corrected chi connectivity index (χ4v) is 1.51. The van der Waals surface area contributed by atoms with Crippen molar-refractivity contribution < 1.29 is 14.6 Å². The van der Waals surface area contributed by atoms with Gasteiger partial charge in [0.1, 0.15) is 5.75 Å². The third-order valence-electron chi connectivity index (χ3n) is 2.20. The van der Waals surface area contributed by atoms with E-state index in [9.17, 15) is 9.90 Å². The summed E-state index contributed by atoms with van der Waals surface area (Å²) in [4.78, 5) is 10.2. The van der Waals surface area contributed by atoms with Crippen molar-refractivity contribution in [2.24, 2.45) is 0 Å². The Kier molecular flexibility index (Phi) is 4.62. The van der Waals surface area contributed by atoms with Crippen LogP contribution < -0.4 is 9.84 Å². The first-order valence-electron chi connectivity index (χ1n) is 5.10. The highest BCUT2D eigenvalue weighted by Gasteiger charge is 2.03. The van der Waals surface area contributed by atoms with Crippen LogP contribution >= 0.6 is 11.6 Å². The van der Waals surface area contributed by atoms with Gasteiger partial charge in [-0.3, -0.25) is 0 Å². The van der Waals surface area contributed by atoms with E-state index in [1.54, 1.807) is 0 Å². The van der Waals surface area contributed by atoms with Gasteiger partial charge in [0, 0.05) is 11.0 Å². The van der Waals surface area contributed by atoms with Crippen molar-refractivity contribution in [3.05, 3.63) is 28.3 Å². The van der Waals surface area contributed by atoms with E-state index in [2.05, 4.69) is 0 Å². The van der Waals surface area contributed by atoms with Crippen LogP contribution in [0.2, 0.25) is 5.02 Å². The molecule has 0 saturated carbocycles. The summed E-state index contributed by atoms with van der Waals surface area (Å²) >= 11 is 6.01. The Balaban J connectivity index is 2.52. The molecule has 0 N–H and O–H groups in total. The van der Waals surface area contributed by atoms with Gasteiger partial charge in [-0.2, -0.15) is 0 Å². The molecule has 0 unspecified atom stereocenters. The summed E-state index contributed by atoms with van der Waals surface area (Å²) in [6, 6.07) is 3.68. The number of aliphatic carboxylic acids is 1. The third-order valence-corrected chi connectivity index (χ3v) is 2.80. The van der Waals surface area contributed by atoms with E-state index < -0.39 is 5.97 Å². The number of carboxylic acids is 1. The van der Waals surface area contributed by atoms with E-state index in [4.69, 9.17) is 16.3 Å². The molecule has 3 nitrogen and oxygen atoms in total. The molecule has 16 heavy (non-hydrogen) atoms. The van der Waals surface area contributed by atoms with Gasteiger partial charge in [-0.05, 0) is 49.9 Å². The molecule has 0 aromatic heterocycles. The lowest BCUT2D eigenvalue weighted by Crippen LogP contribution is -2.22. The molecule has 0 heterocycles. The van der Waals surface area contributed by atoms with E-state index >= 15 is 0 Å². The van der Waals surface area contributed by atoms with Gasteiger partial charge in [0.05, 0.1) is 6.61 Å². The fourth-order valence-electron chi connectivity index (χ4n) is 1.40. The standard InChI is InChI=1S/C12H15ClO3/c1-8-6-10(7-9(2)12(8)13)16-5-3-4-11(14)15/h6-7H,3-5H2,1-2H3,(H,14,15)/p-1. The number of carbonyl (C=O) groups excluding carboxylic acids is 1. The summed E-state index contributed by atoms with van der Waals surface area (Å²) < 4.78 is 5.42. The largest absolute Gasteiger partial charge is 0.550 e. The SMILES string of the molecule is Cc1cc(OCCCC(=O)[O-])cc(C)c1Cl. The zero-order valence-corrected chi connectivity index (χ0v) is 10.1. The number of carboxylic acid groups (broad SMARTS) is 1. The second-order valence-electron chi connectivity index (χ2n) is 3.70. The lowest BCUT2D eigenvalue weighted by molar-refractivity contribution is -0.305. The minimum atomic E-state index is -1.05. The molecule has 0 saturated heterocycles. The Hall–Kier alpha value is -1.22. The maximum Gasteiger partial charge on any atom is 0.119 e. The van der Waals surface area contributed by atoms with Gasteiger partial charge in [-0.25, -0.2) is 0 Å². The van der Waals surface area contributed by atoms with Gasteiger partial charge in [0.15, 0.2) is 0 Å². The smallest absolute Gasteiger partial charge is 0.119 e. The summed E-state index contributed by atoms with van der Waals surface area (Å²) in [6.45, 7) is 4.18. The van der Waals surface area contributed by atoms with E-state index in [-0.39, 0.29) is 6.42 Å². The first kappa shape index (κ1) is 12.8. The summed E-state index contributed by atoms with van der Waals surface area (Å²) in [7, 11) is 0. The number of hydrogen-bond acceptors (Lipinski definition) is 3. The molecule has 0 atom stereocenters. The van der Waals surface area contributed by atoms with Gasteiger partial charge < -0.3 is 14.6 Å². The van der Waals surface area contributed by atoms with Gasteiger partial charge in [-0.15, -0.1) is 0 Å². The fraction of sp³-hybridized carbons (Fsp3) is 0.417. The molecule has 0 aliphatic heterocycles. The van der Waals surface area contributed by atoms with Crippen LogP contribution in [0.5, 0.6) is 5.75 Å². The average Bonchev–Trinajstić information content (AvgIpc) is 2.20. The molecule has 0 bridgehead atoms. The van der Waals surface area contributed by atoms with Crippen molar-refractivity contribution in [1.82, 2.24) is 0 Å². The van der Waals surface area contributed by atoms with E-state index in [1.807, 2.05) is 26.0 Å². The number of aryl methyl sites for hydroxylation is 2. The maximum absolute atomic E-state index is 10.2. The average molecular weight is 242 g/mol. The lowest BCUT2D eigenvalue weighted by atomic mass is 10.1. The van der Waals surface area contributed by atoms with Crippen LogP contribution in [-0.4, -0.2) is 12.6 Å². The highest BCUT2D eigenvalue weighted by molar-refractivity contribution is 6.32. The first-order chi connectivity index (χ1) is 7.50. The summed E-state index contributed by atoms with van der Waals surface area (Å²) in [5.41, 5.74) is 1.91. The number of rotatable bonds is 5. The highest BCUT2D eigenvalue weighted by Crippen LogP contribution is 2.25. The van der Waals surface area contributed by atoms with Crippen molar-refractivity contribution in [3.8, 4) is 5.75 Å². The zero-order valence-electron chi connectivity index (χ0n) is 9.38. The Bertz CT molecular complexity index is 365. The molecule has 0 fully saturated rings. The van der Waals surface area contributed by atoms with Crippen molar-refractivity contribution in [2.45, 2.75) is 26.7 Å². The molecule has 1 rings (SSSR count). The third kappa shape index (κ3) is 3.74. The molecule has 0 aliphatic rings.